The third-order valence-corrected chi connectivity index (χ3v) is 3.64. The second-order valence-electron chi connectivity index (χ2n) is 6.97. The van der Waals surface area contributed by atoms with Crippen LogP contribution in [0.25, 0.3) is 17.0 Å². The number of hydrogen-bond acceptors (Lipinski definition) is 4. The zero-order valence-corrected chi connectivity index (χ0v) is 15.0. The number of hydrogen-bond donors (Lipinski definition) is 0. The third kappa shape index (κ3) is 4.28. The zero-order chi connectivity index (χ0) is 18.7. The maximum absolute atomic E-state index is 12.6. The van der Waals surface area contributed by atoms with Crippen molar-refractivity contribution in [3.8, 4) is 0 Å². The first-order chi connectivity index (χ1) is 12.3. The number of esters is 1. The van der Waals surface area contributed by atoms with E-state index < -0.39 is 11.6 Å². The molecule has 1 heterocycles. The summed E-state index contributed by atoms with van der Waals surface area (Å²) in [4.78, 5) is 24.3. The van der Waals surface area contributed by atoms with Gasteiger partial charge in [-0.1, -0.05) is 42.5 Å². The molecule has 0 saturated heterocycles. The molecule has 2 aromatic carbocycles. The van der Waals surface area contributed by atoms with E-state index in [1.807, 2.05) is 45.0 Å². The molecule has 0 amide bonds. The van der Waals surface area contributed by atoms with Gasteiger partial charge in [0, 0.05) is 17.0 Å². The molecule has 132 valence electrons. The fourth-order valence-electron chi connectivity index (χ4n) is 2.48. The quantitative estimate of drug-likeness (QED) is 0.377. The van der Waals surface area contributed by atoms with Crippen LogP contribution < -0.4 is 0 Å². The van der Waals surface area contributed by atoms with E-state index in [0.717, 1.165) is 10.9 Å². The van der Waals surface area contributed by atoms with Gasteiger partial charge in [-0.3, -0.25) is 4.79 Å². The highest BCUT2D eigenvalue weighted by Crippen LogP contribution is 2.21. The lowest BCUT2D eigenvalue weighted by atomic mass is 10.1. The number of rotatable bonds is 4. The molecule has 0 radical (unpaired) electrons. The fraction of sp³-hybridized carbons (Fsp3) is 0.182. The van der Waals surface area contributed by atoms with E-state index in [1.54, 1.807) is 36.4 Å². The van der Waals surface area contributed by atoms with Crippen molar-refractivity contribution in [1.29, 1.82) is 0 Å². The van der Waals surface area contributed by atoms with Crippen LogP contribution in [0.4, 0.5) is 0 Å². The molecule has 3 rings (SSSR count). The number of carbonyl (C=O) groups is 2. The van der Waals surface area contributed by atoms with Crippen molar-refractivity contribution in [3.05, 3.63) is 77.6 Å². The van der Waals surface area contributed by atoms with E-state index in [1.165, 1.54) is 6.08 Å². The van der Waals surface area contributed by atoms with Gasteiger partial charge in [-0.15, -0.1) is 0 Å². The largest absolute Gasteiger partial charge is 0.457 e. The maximum atomic E-state index is 12.6. The molecule has 4 nitrogen and oxygen atoms in total. The van der Waals surface area contributed by atoms with Crippen molar-refractivity contribution >= 4 is 28.8 Å². The Morgan fingerprint density at radius 2 is 1.69 bits per heavy atom. The monoisotopic (exact) mass is 348 g/mol. The minimum atomic E-state index is -0.524. The van der Waals surface area contributed by atoms with Gasteiger partial charge in [-0.25, -0.2) is 4.79 Å². The van der Waals surface area contributed by atoms with Gasteiger partial charge in [0.1, 0.15) is 11.2 Å². The van der Waals surface area contributed by atoms with E-state index in [-0.39, 0.29) is 5.78 Å². The van der Waals surface area contributed by atoms with E-state index in [9.17, 15) is 9.59 Å². The first kappa shape index (κ1) is 17.7. The Labute approximate surface area is 152 Å². The van der Waals surface area contributed by atoms with Gasteiger partial charge in [-0.05, 0) is 44.5 Å². The van der Waals surface area contributed by atoms with Crippen LogP contribution in [-0.4, -0.2) is 17.4 Å². The number of carbonyl (C=O) groups excluding carboxylic acids is 2. The standard InChI is InChI=1S/C22H20O4/c1-22(2,3)26-20(23)13-10-15-8-11-16(12-9-15)21(24)19-14-17-6-4-5-7-18(17)25-19/h4-14H,1-3H3/b13-10+. The van der Waals surface area contributed by atoms with E-state index in [0.29, 0.717) is 16.9 Å². The summed E-state index contributed by atoms with van der Waals surface area (Å²) in [5.41, 5.74) is 1.49. The van der Waals surface area contributed by atoms with Crippen molar-refractivity contribution in [2.24, 2.45) is 0 Å². The van der Waals surface area contributed by atoms with E-state index >= 15 is 0 Å². The van der Waals surface area contributed by atoms with Gasteiger partial charge in [0.2, 0.25) is 5.78 Å². The van der Waals surface area contributed by atoms with Gasteiger partial charge in [-0.2, -0.15) is 0 Å². The van der Waals surface area contributed by atoms with Crippen LogP contribution >= 0.6 is 0 Å². The molecule has 0 aliphatic rings. The van der Waals surface area contributed by atoms with Crippen LogP contribution in [0.15, 0.2) is 65.1 Å². The first-order valence-electron chi connectivity index (χ1n) is 8.36. The minimum Gasteiger partial charge on any atom is -0.457 e. The summed E-state index contributed by atoms with van der Waals surface area (Å²) in [5.74, 6) is -0.271. The molecule has 4 heteroatoms. The summed E-state index contributed by atoms with van der Waals surface area (Å²) in [5, 5.41) is 0.896. The van der Waals surface area contributed by atoms with Crippen LogP contribution in [0, 0.1) is 0 Å². The molecule has 3 aromatic rings. The van der Waals surface area contributed by atoms with Crippen molar-refractivity contribution in [2.75, 3.05) is 0 Å². The van der Waals surface area contributed by atoms with Crippen molar-refractivity contribution < 1.29 is 18.7 Å². The number of fused-ring (bicyclic) bond motifs is 1. The van der Waals surface area contributed by atoms with Crippen molar-refractivity contribution in [2.45, 2.75) is 26.4 Å². The molecule has 0 fully saturated rings. The lowest BCUT2D eigenvalue weighted by molar-refractivity contribution is -0.148. The normalized spacial score (nSPS) is 11.8. The van der Waals surface area contributed by atoms with Gasteiger partial charge in [0.05, 0.1) is 0 Å². The maximum Gasteiger partial charge on any atom is 0.331 e. The Morgan fingerprint density at radius 1 is 1.00 bits per heavy atom. The Kier molecular flexibility index (Phi) is 4.76. The number of para-hydroxylation sites is 1. The summed E-state index contributed by atoms with van der Waals surface area (Å²) in [6.45, 7) is 5.45. The minimum absolute atomic E-state index is 0.177. The summed E-state index contributed by atoms with van der Waals surface area (Å²) in [7, 11) is 0. The molecule has 0 bridgehead atoms. The first-order valence-corrected chi connectivity index (χ1v) is 8.36. The predicted octanol–water partition coefficient (Wildman–Crippen LogP) is 5.02. The second kappa shape index (κ2) is 7.00. The van der Waals surface area contributed by atoms with Gasteiger partial charge in [0.25, 0.3) is 0 Å². The van der Waals surface area contributed by atoms with Crippen LogP contribution in [-0.2, 0) is 9.53 Å². The Hall–Kier alpha value is -3.14. The van der Waals surface area contributed by atoms with Crippen LogP contribution in [0.5, 0.6) is 0 Å². The number of ether oxygens (including phenoxy) is 1. The molecular weight excluding hydrogens is 328 g/mol. The molecule has 26 heavy (non-hydrogen) atoms. The summed E-state index contributed by atoms with van der Waals surface area (Å²) in [6.07, 6.45) is 3.03. The molecule has 0 unspecified atom stereocenters. The summed E-state index contributed by atoms with van der Waals surface area (Å²) >= 11 is 0. The van der Waals surface area contributed by atoms with Gasteiger partial charge in [0.15, 0.2) is 5.76 Å². The molecule has 0 spiro atoms. The topological polar surface area (TPSA) is 56.5 Å². The molecular formula is C22H20O4. The zero-order valence-electron chi connectivity index (χ0n) is 15.0. The van der Waals surface area contributed by atoms with E-state index in [2.05, 4.69) is 0 Å². The van der Waals surface area contributed by atoms with Crippen molar-refractivity contribution in [1.82, 2.24) is 0 Å². The smallest absolute Gasteiger partial charge is 0.331 e. The Bertz CT molecular complexity index is 936. The van der Waals surface area contributed by atoms with Crippen LogP contribution in [0.2, 0.25) is 0 Å². The molecule has 1 aromatic heterocycles. The molecule has 0 atom stereocenters. The molecule has 0 aliphatic heterocycles. The second-order valence-corrected chi connectivity index (χ2v) is 6.97. The van der Waals surface area contributed by atoms with Gasteiger partial charge < -0.3 is 9.15 Å². The Balaban J connectivity index is 1.72. The molecule has 0 N–H and O–H groups in total. The van der Waals surface area contributed by atoms with Crippen LogP contribution in [0.3, 0.4) is 0 Å². The fourth-order valence-corrected chi connectivity index (χ4v) is 2.48. The number of furan rings is 1. The average molecular weight is 348 g/mol. The third-order valence-electron chi connectivity index (χ3n) is 3.64. The van der Waals surface area contributed by atoms with Gasteiger partial charge >= 0.3 is 5.97 Å². The lowest BCUT2D eigenvalue weighted by Gasteiger charge is -2.17. The summed E-state index contributed by atoms with van der Waals surface area (Å²) < 4.78 is 10.8. The number of benzene rings is 2. The average Bonchev–Trinajstić information content (AvgIpc) is 3.02. The summed E-state index contributed by atoms with van der Waals surface area (Å²) in [6, 6.07) is 16.2. The molecule has 0 saturated carbocycles. The van der Waals surface area contributed by atoms with Crippen LogP contribution in [0.1, 0.15) is 42.5 Å². The van der Waals surface area contributed by atoms with Crippen molar-refractivity contribution in [3.63, 3.8) is 0 Å². The number of ketones is 1. The highest BCUT2D eigenvalue weighted by molar-refractivity contribution is 6.09. The highest BCUT2D eigenvalue weighted by Gasteiger charge is 2.15. The van der Waals surface area contributed by atoms with E-state index in [4.69, 9.17) is 9.15 Å². The molecule has 0 aliphatic carbocycles. The SMILES string of the molecule is CC(C)(C)OC(=O)/C=C/c1ccc(C(=O)c2cc3ccccc3o2)cc1. The lowest BCUT2D eigenvalue weighted by Crippen LogP contribution is -2.22. The Morgan fingerprint density at radius 3 is 2.35 bits per heavy atom. The predicted molar refractivity (Wildman–Crippen MR) is 101 cm³/mol. The highest BCUT2D eigenvalue weighted by atomic mass is 16.6.